The van der Waals surface area contributed by atoms with E-state index in [1.807, 2.05) is 0 Å². The van der Waals surface area contributed by atoms with Crippen LogP contribution >= 0.6 is 0 Å². The maximum Gasteiger partial charge on any atom is 0.0961 e. The molecule has 0 radical (unpaired) electrons. The van der Waals surface area contributed by atoms with E-state index in [1.54, 1.807) is 0 Å². The summed E-state index contributed by atoms with van der Waals surface area (Å²) >= 11 is 0. The van der Waals surface area contributed by atoms with Crippen LogP contribution in [0.25, 0.3) is 0 Å². The molecule has 1 heterocycles. The van der Waals surface area contributed by atoms with Crippen molar-refractivity contribution in [2.24, 2.45) is 11.7 Å². The molecule has 46 valence electrons. The van der Waals surface area contributed by atoms with Gasteiger partial charge in [-0.25, -0.2) is 0 Å². The molecule has 0 saturated carbocycles. The van der Waals surface area contributed by atoms with Gasteiger partial charge in [-0.15, -0.1) is 0 Å². The summed E-state index contributed by atoms with van der Waals surface area (Å²) in [6.45, 7) is 1.42. The molecule has 3 nitrogen and oxygen atoms in total. The fourth-order valence-corrected chi connectivity index (χ4v) is 0.780. The van der Waals surface area contributed by atoms with Crippen molar-refractivity contribution in [3.05, 3.63) is 0 Å². The van der Waals surface area contributed by atoms with Gasteiger partial charge in [-0.3, -0.25) is 5.41 Å². The third-order valence-electron chi connectivity index (χ3n) is 1.37. The maximum atomic E-state index is 6.99. The zero-order valence-corrected chi connectivity index (χ0v) is 4.68. The summed E-state index contributed by atoms with van der Waals surface area (Å²) in [7, 11) is 0. The van der Waals surface area contributed by atoms with E-state index < -0.39 is 0 Å². The van der Waals surface area contributed by atoms with Gasteiger partial charge in [-0.1, -0.05) is 0 Å². The maximum absolute atomic E-state index is 6.99. The van der Waals surface area contributed by atoms with E-state index in [-0.39, 0.29) is 11.8 Å². The van der Waals surface area contributed by atoms with Crippen LogP contribution in [0, 0.1) is 11.3 Å². The number of hydrogen-bond acceptors (Lipinski definition) is 2. The van der Waals surface area contributed by atoms with Crippen molar-refractivity contribution in [3.8, 4) is 0 Å². The Labute approximate surface area is 48.3 Å². The largest absolute Gasteiger partial charge is 0.387 e. The molecule has 0 amide bonds. The molecule has 1 aliphatic rings. The molecule has 1 fully saturated rings. The van der Waals surface area contributed by atoms with Gasteiger partial charge in [0.05, 0.1) is 12.4 Å². The molecule has 0 aliphatic carbocycles. The number of hydrogen-bond donors (Lipinski definition) is 2. The molecule has 0 aromatic heterocycles. The Balaban J connectivity index is 2.35. The third kappa shape index (κ3) is 0.980. The Morgan fingerprint density at radius 1 is 1.75 bits per heavy atom. The lowest BCUT2D eigenvalue weighted by molar-refractivity contribution is 0.193. The normalized spacial score (nSPS) is 28.2. The van der Waals surface area contributed by atoms with E-state index in [0.29, 0.717) is 6.61 Å². The zero-order valence-electron chi connectivity index (χ0n) is 4.68. The first-order valence-electron chi connectivity index (χ1n) is 2.72. The summed E-state index contributed by atoms with van der Waals surface area (Å²) in [5, 5.41) is 6.99. The highest BCUT2D eigenvalue weighted by atomic mass is 16.5. The second kappa shape index (κ2) is 2.13. The minimum Gasteiger partial charge on any atom is -0.387 e. The Morgan fingerprint density at radius 3 is 2.75 bits per heavy atom. The van der Waals surface area contributed by atoms with Crippen molar-refractivity contribution in [1.29, 1.82) is 5.41 Å². The Bertz CT molecular complexity index is 96.6. The van der Waals surface area contributed by atoms with Crippen LogP contribution in [0.4, 0.5) is 0 Å². The van der Waals surface area contributed by atoms with Crippen LogP contribution in [-0.4, -0.2) is 19.0 Å². The van der Waals surface area contributed by atoms with Crippen molar-refractivity contribution in [3.63, 3.8) is 0 Å². The lowest BCUT2D eigenvalue weighted by Gasteiger charge is -2.00. The highest BCUT2D eigenvalue weighted by Gasteiger charge is 2.17. The smallest absolute Gasteiger partial charge is 0.0961 e. The van der Waals surface area contributed by atoms with E-state index in [9.17, 15) is 0 Å². The van der Waals surface area contributed by atoms with Gasteiger partial charge in [0.2, 0.25) is 0 Å². The first kappa shape index (κ1) is 5.56. The number of nitrogens with one attached hydrogen (secondary N) is 1. The topological polar surface area (TPSA) is 59.1 Å². The summed E-state index contributed by atoms with van der Waals surface area (Å²) in [5.74, 6) is 0.470. The van der Waals surface area contributed by atoms with Gasteiger partial charge >= 0.3 is 0 Å². The van der Waals surface area contributed by atoms with E-state index in [1.165, 1.54) is 0 Å². The van der Waals surface area contributed by atoms with Crippen LogP contribution in [0.3, 0.4) is 0 Å². The van der Waals surface area contributed by atoms with E-state index in [2.05, 4.69) is 0 Å². The van der Waals surface area contributed by atoms with Crippen LogP contribution in [0.2, 0.25) is 0 Å². The molecule has 8 heavy (non-hydrogen) atoms. The Hall–Kier alpha value is -0.570. The molecule has 0 spiro atoms. The third-order valence-corrected chi connectivity index (χ3v) is 1.37. The highest BCUT2D eigenvalue weighted by Crippen LogP contribution is 2.10. The molecule has 3 heteroatoms. The summed E-state index contributed by atoms with van der Waals surface area (Å²) < 4.78 is 5.00. The summed E-state index contributed by atoms with van der Waals surface area (Å²) in [6, 6.07) is 0. The first-order chi connectivity index (χ1) is 3.80. The SMILES string of the molecule is N=C(N)C1CCOC1. The molecule has 1 atom stereocenters. The fourth-order valence-electron chi connectivity index (χ4n) is 0.780. The van der Waals surface area contributed by atoms with Crippen molar-refractivity contribution in [1.82, 2.24) is 0 Å². The second-order valence-corrected chi connectivity index (χ2v) is 2.02. The van der Waals surface area contributed by atoms with E-state index in [4.69, 9.17) is 15.9 Å². The predicted octanol–water partition coefficient (Wildman–Crippen LogP) is -0.0411. The van der Waals surface area contributed by atoms with Crippen LogP contribution in [0.5, 0.6) is 0 Å². The van der Waals surface area contributed by atoms with Crippen molar-refractivity contribution >= 4 is 5.84 Å². The minimum absolute atomic E-state index is 0.204. The van der Waals surface area contributed by atoms with Gasteiger partial charge in [0, 0.05) is 12.5 Å². The molecular formula is C5H10N2O. The Kier molecular flexibility index (Phi) is 1.48. The van der Waals surface area contributed by atoms with Gasteiger partial charge in [0.25, 0.3) is 0 Å². The first-order valence-corrected chi connectivity index (χ1v) is 2.72. The average molecular weight is 114 g/mol. The summed E-state index contributed by atoms with van der Waals surface area (Å²) in [4.78, 5) is 0. The molecule has 3 N–H and O–H groups in total. The van der Waals surface area contributed by atoms with Gasteiger partial charge in [0.15, 0.2) is 0 Å². The molecule has 0 bridgehead atoms. The van der Waals surface area contributed by atoms with Crippen LogP contribution in [0.1, 0.15) is 6.42 Å². The van der Waals surface area contributed by atoms with Crippen molar-refractivity contribution < 1.29 is 4.74 Å². The van der Waals surface area contributed by atoms with Gasteiger partial charge < -0.3 is 10.5 Å². The molecule has 1 unspecified atom stereocenters. The molecule has 1 saturated heterocycles. The minimum atomic E-state index is 0.204. The van der Waals surface area contributed by atoms with Crippen LogP contribution in [-0.2, 0) is 4.74 Å². The lowest BCUT2D eigenvalue weighted by atomic mass is 10.1. The van der Waals surface area contributed by atoms with E-state index >= 15 is 0 Å². The number of nitrogens with two attached hydrogens (primary N) is 1. The zero-order chi connectivity index (χ0) is 5.98. The average Bonchev–Trinajstić information content (AvgIpc) is 2.12. The number of rotatable bonds is 1. The van der Waals surface area contributed by atoms with Gasteiger partial charge in [-0.05, 0) is 6.42 Å². The molecule has 1 rings (SSSR count). The number of amidine groups is 1. The van der Waals surface area contributed by atoms with Crippen LogP contribution in [0.15, 0.2) is 0 Å². The highest BCUT2D eigenvalue weighted by molar-refractivity contribution is 5.79. The van der Waals surface area contributed by atoms with E-state index in [0.717, 1.165) is 13.0 Å². The van der Waals surface area contributed by atoms with Crippen molar-refractivity contribution in [2.75, 3.05) is 13.2 Å². The quantitative estimate of drug-likeness (QED) is 0.371. The lowest BCUT2D eigenvalue weighted by Crippen LogP contribution is -2.21. The molecule has 0 aromatic carbocycles. The molecule has 1 aliphatic heterocycles. The van der Waals surface area contributed by atoms with Crippen LogP contribution < -0.4 is 5.73 Å². The monoisotopic (exact) mass is 114 g/mol. The van der Waals surface area contributed by atoms with Gasteiger partial charge in [-0.2, -0.15) is 0 Å². The standard InChI is InChI=1S/C5H10N2O/c6-5(7)4-1-2-8-3-4/h4H,1-3H2,(H3,6,7). The molecule has 0 aromatic rings. The second-order valence-electron chi connectivity index (χ2n) is 2.02. The summed E-state index contributed by atoms with van der Waals surface area (Å²) in [6.07, 6.45) is 0.926. The van der Waals surface area contributed by atoms with Gasteiger partial charge in [0.1, 0.15) is 0 Å². The molecular weight excluding hydrogens is 104 g/mol. The van der Waals surface area contributed by atoms with Crippen molar-refractivity contribution in [2.45, 2.75) is 6.42 Å². The predicted molar refractivity (Wildman–Crippen MR) is 30.8 cm³/mol. The fraction of sp³-hybridized carbons (Fsp3) is 0.800. The number of ether oxygens (including phenoxy) is 1. The Morgan fingerprint density at radius 2 is 2.50 bits per heavy atom. The summed E-state index contributed by atoms with van der Waals surface area (Å²) in [5.41, 5.74) is 5.20.